The molecule has 5 heteroatoms. The van der Waals surface area contributed by atoms with Gasteiger partial charge in [0.25, 0.3) is 5.91 Å². The molecule has 1 atom stereocenters. The number of methoxy groups -OCH3 is 3. The monoisotopic (exact) mass is 357 g/mol. The Morgan fingerprint density at radius 2 is 1.58 bits per heavy atom. The van der Waals surface area contributed by atoms with Crippen molar-refractivity contribution in [3.63, 3.8) is 0 Å². The molecular weight excluding hydrogens is 330 g/mol. The Morgan fingerprint density at radius 3 is 2.12 bits per heavy atom. The van der Waals surface area contributed by atoms with E-state index in [1.165, 1.54) is 0 Å². The highest BCUT2D eigenvalue weighted by Crippen LogP contribution is 2.28. The maximum Gasteiger partial charge on any atom is 0.251 e. The summed E-state index contributed by atoms with van der Waals surface area (Å²) in [6.45, 7) is 4.28. The number of amides is 1. The van der Waals surface area contributed by atoms with E-state index >= 15 is 0 Å². The lowest BCUT2D eigenvalue weighted by Crippen LogP contribution is -2.29. The molecule has 140 valence electrons. The fourth-order valence-corrected chi connectivity index (χ4v) is 2.81. The van der Waals surface area contributed by atoms with Crippen LogP contribution < -0.4 is 19.5 Å². The third kappa shape index (κ3) is 4.91. The van der Waals surface area contributed by atoms with E-state index < -0.39 is 0 Å². The molecule has 0 radical (unpaired) electrons. The zero-order valence-corrected chi connectivity index (χ0v) is 16.0. The Kier molecular flexibility index (Phi) is 6.89. The minimum atomic E-state index is -0.146. The van der Waals surface area contributed by atoms with Crippen LogP contribution in [0.5, 0.6) is 17.2 Å². The molecule has 5 nitrogen and oxygen atoms in total. The first-order valence-electron chi connectivity index (χ1n) is 8.65. The number of hydrogen-bond donors (Lipinski definition) is 1. The smallest absolute Gasteiger partial charge is 0.251 e. The standard InChI is InChI=1S/C21H27NO4/c1-14(2)12-18(15-6-9-17(24-3)10-7-15)22-21(23)16-8-11-19(25-4)20(13-16)26-5/h6-11,13-14,18H,12H2,1-5H3,(H,22,23)/t18-/m1/s1. The van der Waals surface area contributed by atoms with E-state index in [0.717, 1.165) is 17.7 Å². The highest BCUT2D eigenvalue weighted by molar-refractivity contribution is 5.95. The van der Waals surface area contributed by atoms with Crippen molar-refractivity contribution in [3.8, 4) is 17.2 Å². The fraction of sp³-hybridized carbons (Fsp3) is 0.381. The van der Waals surface area contributed by atoms with Gasteiger partial charge in [-0.05, 0) is 48.2 Å². The summed E-state index contributed by atoms with van der Waals surface area (Å²) < 4.78 is 15.7. The maximum absolute atomic E-state index is 12.8. The van der Waals surface area contributed by atoms with Crippen LogP contribution in [0.15, 0.2) is 42.5 Å². The molecule has 0 heterocycles. The Hall–Kier alpha value is -2.69. The molecule has 0 aromatic heterocycles. The quantitative estimate of drug-likeness (QED) is 0.768. The summed E-state index contributed by atoms with van der Waals surface area (Å²) in [7, 11) is 4.76. The third-order valence-corrected chi connectivity index (χ3v) is 4.18. The SMILES string of the molecule is COc1ccc([C@@H](CC(C)C)NC(=O)c2ccc(OC)c(OC)c2)cc1. The minimum Gasteiger partial charge on any atom is -0.497 e. The molecule has 0 aliphatic rings. The summed E-state index contributed by atoms with van der Waals surface area (Å²) in [6, 6.07) is 12.9. The Labute approximate surface area is 155 Å². The molecule has 0 bridgehead atoms. The van der Waals surface area contributed by atoms with Gasteiger partial charge in [-0.15, -0.1) is 0 Å². The summed E-state index contributed by atoms with van der Waals surface area (Å²) in [5.41, 5.74) is 1.58. The number of hydrogen-bond acceptors (Lipinski definition) is 4. The molecule has 1 N–H and O–H groups in total. The molecule has 0 saturated carbocycles. The van der Waals surface area contributed by atoms with E-state index in [1.54, 1.807) is 39.5 Å². The van der Waals surface area contributed by atoms with Gasteiger partial charge in [0.05, 0.1) is 27.4 Å². The molecular formula is C21H27NO4. The van der Waals surface area contributed by atoms with Crippen LogP contribution >= 0.6 is 0 Å². The largest absolute Gasteiger partial charge is 0.497 e. The summed E-state index contributed by atoms with van der Waals surface area (Å²) in [5, 5.41) is 3.13. The van der Waals surface area contributed by atoms with Gasteiger partial charge < -0.3 is 19.5 Å². The lowest BCUT2D eigenvalue weighted by Gasteiger charge is -2.22. The molecule has 2 rings (SSSR count). The fourth-order valence-electron chi connectivity index (χ4n) is 2.81. The van der Waals surface area contributed by atoms with Gasteiger partial charge in [-0.3, -0.25) is 4.79 Å². The second-order valence-electron chi connectivity index (χ2n) is 6.50. The predicted octanol–water partition coefficient (Wildman–Crippen LogP) is 4.23. The number of rotatable bonds is 8. The normalized spacial score (nSPS) is 11.8. The summed E-state index contributed by atoms with van der Waals surface area (Å²) in [4.78, 5) is 12.8. The first-order chi connectivity index (χ1) is 12.5. The van der Waals surface area contributed by atoms with E-state index in [1.807, 2.05) is 24.3 Å². The lowest BCUT2D eigenvalue weighted by molar-refractivity contribution is 0.0931. The van der Waals surface area contributed by atoms with Crippen molar-refractivity contribution >= 4 is 5.91 Å². The zero-order chi connectivity index (χ0) is 19.1. The van der Waals surface area contributed by atoms with Crippen LogP contribution in [0.4, 0.5) is 0 Å². The van der Waals surface area contributed by atoms with Gasteiger partial charge in [-0.2, -0.15) is 0 Å². The minimum absolute atomic E-state index is 0.0819. The molecule has 0 aliphatic carbocycles. The van der Waals surface area contributed by atoms with Gasteiger partial charge in [0, 0.05) is 5.56 Å². The van der Waals surface area contributed by atoms with Crippen molar-refractivity contribution < 1.29 is 19.0 Å². The van der Waals surface area contributed by atoms with E-state index in [2.05, 4.69) is 19.2 Å². The van der Waals surface area contributed by atoms with Crippen LogP contribution in [-0.2, 0) is 0 Å². The Morgan fingerprint density at radius 1 is 0.923 bits per heavy atom. The number of ether oxygens (including phenoxy) is 3. The van der Waals surface area contributed by atoms with Crippen LogP contribution in [0, 0.1) is 5.92 Å². The average Bonchev–Trinajstić information content (AvgIpc) is 2.66. The third-order valence-electron chi connectivity index (χ3n) is 4.18. The van der Waals surface area contributed by atoms with Gasteiger partial charge in [0.2, 0.25) is 0 Å². The van der Waals surface area contributed by atoms with Crippen molar-refractivity contribution in [3.05, 3.63) is 53.6 Å². The number of benzene rings is 2. The summed E-state index contributed by atoms with van der Waals surface area (Å²) in [6.07, 6.45) is 0.839. The molecule has 0 aliphatic heterocycles. The van der Waals surface area contributed by atoms with E-state index in [-0.39, 0.29) is 11.9 Å². The van der Waals surface area contributed by atoms with Crippen molar-refractivity contribution in [1.82, 2.24) is 5.32 Å². The van der Waals surface area contributed by atoms with Crippen molar-refractivity contribution in [2.24, 2.45) is 5.92 Å². The van der Waals surface area contributed by atoms with Crippen molar-refractivity contribution in [2.75, 3.05) is 21.3 Å². The summed E-state index contributed by atoms with van der Waals surface area (Å²) in [5.74, 6) is 2.21. The number of carbonyl (C=O) groups excluding carboxylic acids is 1. The molecule has 1 amide bonds. The Bertz CT molecular complexity index is 725. The van der Waals surface area contributed by atoms with E-state index in [0.29, 0.717) is 23.0 Å². The Balaban J connectivity index is 2.22. The first kappa shape index (κ1) is 19.6. The van der Waals surface area contributed by atoms with Gasteiger partial charge in [0.1, 0.15) is 5.75 Å². The van der Waals surface area contributed by atoms with Crippen LogP contribution in [0.25, 0.3) is 0 Å². The second-order valence-corrected chi connectivity index (χ2v) is 6.50. The van der Waals surface area contributed by atoms with Crippen LogP contribution in [0.3, 0.4) is 0 Å². The zero-order valence-electron chi connectivity index (χ0n) is 16.0. The molecule has 2 aromatic rings. The predicted molar refractivity (Wildman–Crippen MR) is 102 cm³/mol. The van der Waals surface area contributed by atoms with Gasteiger partial charge in [-0.25, -0.2) is 0 Å². The van der Waals surface area contributed by atoms with Crippen LogP contribution in [0.1, 0.15) is 42.2 Å². The van der Waals surface area contributed by atoms with E-state index in [4.69, 9.17) is 14.2 Å². The molecule has 26 heavy (non-hydrogen) atoms. The first-order valence-corrected chi connectivity index (χ1v) is 8.65. The van der Waals surface area contributed by atoms with Gasteiger partial charge in [-0.1, -0.05) is 26.0 Å². The lowest BCUT2D eigenvalue weighted by atomic mass is 9.96. The summed E-state index contributed by atoms with van der Waals surface area (Å²) >= 11 is 0. The highest BCUT2D eigenvalue weighted by atomic mass is 16.5. The van der Waals surface area contributed by atoms with Crippen LogP contribution in [0.2, 0.25) is 0 Å². The second kappa shape index (κ2) is 9.13. The van der Waals surface area contributed by atoms with Gasteiger partial charge in [0.15, 0.2) is 11.5 Å². The van der Waals surface area contributed by atoms with Crippen LogP contribution in [-0.4, -0.2) is 27.2 Å². The molecule has 0 spiro atoms. The van der Waals surface area contributed by atoms with Crippen molar-refractivity contribution in [2.45, 2.75) is 26.3 Å². The maximum atomic E-state index is 12.8. The molecule has 0 unspecified atom stereocenters. The molecule has 0 saturated heterocycles. The number of carbonyl (C=O) groups is 1. The average molecular weight is 357 g/mol. The van der Waals surface area contributed by atoms with E-state index in [9.17, 15) is 4.79 Å². The highest BCUT2D eigenvalue weighted by Gasteiger charge is 2.18. The topological polar surface area (TPSA) is 56.8 Å². The number of nitrogens with one attached hydrogen (secondary N) is 1. The molecule has 0 fully saturated rings. The van der Waals surface area contributed by atoms with Gasteiger partial charge >= 0.3 is 0 Å². The molecule has 2 aromatic carbocycles. The van der Waals surface area contributed by atoms with Crippen molar-refractivity contribution in [1.29, 1.82) is 0 Å².